The van der Waals surface area contributed by atoms with E-state index in [9.17, 15) is 9.59 Å². The summed E-state index contributed by atoms with van der Waals surface area (Å²) < 4.78 is 10.6. The number of carboxylic acid groups (broad SMARTS) is 1. The molecule has 0 bridgehead atoms. The van der Waals surface area contributed by atoms with E-state index in [1.54, 1.807) is 19.1 Å². The Morgan fingerprint density at radius 3 is 2.48 bits per heavy atom. The molecule has 1 aliphatic heterocycles. The Labute approximate surface area is 136 Å². The number of hydrogen-bond acceptors (Lipinski definition) is 4. The van der Waals surface area contributed by atoms with Crippen LogP contribution in [0.15, 0.2) is 18.2 Å². The van der Waals surface area contributed by atoms with Gasteiger partial charge in [-0.25, -0.2) is 0 Å². The van der Waals surface area contributed by atoms with Crippen molar-refractivity contribution in [2.45, 2.75) is 25.7 Å². The minimum Gasteiger partial charge on any atom is -0.493 e. The Morgan fingerprint density at radius 2 is 1.91 bits per heavy atom. The topological polar surface area (TPSA) is 76.1 Å². The normalized spacial score (nSPS) is 15.3. The average molecular weight is 321 g/mol. The molecule has 1 aromatic rings. The largest absolute Gasteiger partial charge is 0.493 e. The number of nitrogens with zero attached hydrogens (tertiary/aromatic N) is 1. The lowest BCUT2D eigenvalue weighted by molar-refractivity contribution is -0.145. The highest BCUT2D eigenvalue weighted by molar-refractivity contribution is 5.77. The molecule has 0 spiro atoms. The fourth-order valence-electron chi connectivity index (χ4n) is 2.93. The van der Waals surface area contributed by atoms with Crippen LogP contribution in [0.25, 0.3) is 0 Å². The van der Waals surface area contributed by atoms with E-state index < -0.39 is 5.97 Å². The maximum atomic E-state index is 12.3. The number of para-hydroxylation sites is 1. The Hall–Kier alpha value is -2.24. The summed E-state index contributed by atoms with van der Waals surface area (Å²) >= 11 is 0. The first-order chi connectivity index (χ1) is 11.1. The van der Waals surface area contributed by atoms with Crippen molar-refractivity contribution in [3.05, 3.63) is 23.8 Å². The molecule has 23 heavy (non-hydrogen) atoms. The van der Waals surface area contributed by atoms with Crippen molar-refractivity contribution in [1.29, 1.82) is 0 Å². The average Bonchev–Trinajstić information content (AvgIpc) is 2.59. The van der Waals surface area contributed by atoms with E-state index in [1.807, 2.05) is 18.2 Å². The first kappa shape index (κ1) is 17.1. The van der Waals surface area contributed by atoms with Gasteiger partial charge in [-0.15, -0.1) is 0 Å². The number of carbonyl (C=O) groups excluding carboxylic acids is 1. The van der Waals surface area contributed by atoms with E-state index >= 15 is 0 Å². The van der Waals surface area contributed by atoms with Gasteiger partial charge < -0.3 is 19.5 Å². The number of ether oxygens (including phenoxy) is 2. The molecule has 0 aliphatic carbocycles. The SMILES string of the molecule is COc1cccc(CCC(=O)N2CCC(C(=O)O)CC2)c1OC. The second kappa shape index (κ2) is 7.85. The number of carbonyl (C=O) groups is 2. The molecule has 0 aromatic heterocycles. The quantitative estimate of drug-likeness (QED) is 0.867. The number of aliphatic carboxylic acids is 1. The molecule has 0 atom stereocenters. The molecule has 1 saturated heterocycles. The summed E-state index contributed by atoms with van der Waals surface area (Å²) in [5.74, 6) is 0.279. The van der Waals surface area contributed by atoms with E-state index in [-0.39, 0.29) is 11.8 Å². The fourth-order valence-corrected chi connectivity index (χ4v) is 2.93. The van der Waals surface area contributed by atoms with Crippen molar-refractivity contribution >= 4 is 11.9 Å². The smallest absolute Gasteiger partial charge is 0.306 e. The third-order valence-electron chi connectivity index (χ3n) is 4.29. The second-order valence-corrected chi connectivity index (χ2v) is 5.65. The summed E-state index contributed by atoms with van der Waals surface area (Å²) in [5, 5.41) is 8.99. The van der Waals surface area contributed by atoms with Crippen molar-refractivity contribution in [2.24, 2.45) is 5.92 Å². The van der Waals surface area contributed by atoms with Crippen LogP contribution >= 0.6 is 0 Å². The molecule has 1 aliphatic rings. The van der Waals surface area contributed by atoms with Gasteiger partial charge in [0, 0.05) is 19.5 Å². The second-order valence-electron chi connectivity index (χ2n) is 5.65. The zero-order valence-corrected chi connectivity index (χ0v) is 13.6. The molecule has 1 amide bonds. The molecular formula is C17H23NO5. The number of rotatable bonds is 6. The fraction of sp³-hybridized carbons (Fsp3) is 0.529. The summed E-state index contributed by atoms with van der Waals surface area (Å²) in [4.78, 5) is 25.0. The van der Waals surface area contributed by atoms with Crippen LogP contribution in [0.5, 0.6) is 11.5 Å². The third-order valence-corrected chi connectivity index (χ3v) is 4.29. The number of piperidine rings is 1. The highest BCUT2D eigenvalue weighted by Gasteiger charge is 2.26. The van der Waals surface area contributed by atoms with Crippen LogP contribution in [-0.2, 0) is 16.0 Å². The van der Waals surface area contributed by atoms with Crippen molar-refractivity contribution in [1.82, 2.24) is 4.90 Å². The Bertz CT molecular complexity index is 564. The summed E-state index contributed by atoms with van der Waals surface area (Å²) in [6.07, 6.45) is 2.01. The van der Waals surface area contributed by atoms with Crippen LogP contribution in [0.2, 0.25) is 0 Å². The lowest BCUT2D eigenvalue weighted by atomic mass is 9.96. The predicted octanol–water partition coefficient (Wildman–Crippen LogP) is 1.96. The zero-order valence-electron chi connectivity index (χ0n) is 13.6. The minimum atomic E-state index is -0.766. The van der Waals surface area contributed by atoms with Crippen molar-refractivity contribution in [3.8, 4) is 11.5 Å². The summed E-state index contributed by atoms with van der Waals surface area (Å²) in [6.45, 7) is 1.04. The molecule has 2 rings (SSSR count). The third kappa shape index (κ3) is 4.15. The first-order valence-electron chi connectivity index (χ1n) is 7.77. The lowest BCUT2D eigenvalue weighted by Gasteiger charge is -2.30. The van der Waals surface area contributed by atoms with Crippen LogP contribution in [0.1, 0.15) is 24.8 Å². The number of amides is 1. The maximum absolute atomic E-state index is 12.3. The molecule has 6 nitrogen and oxygen atoms in total. The summed E-state index contributed by atoms with van der Waals surface area (Å²) in [6, 6.07) is 5.62. The molecule has 1 N–H and O–H groups in total. The molecular weight excluding hydrogens is 298 g/mol. The van der Waals surface area contributed by atoms with E-state index in [0.717, 1.165) is 5.56 Å². The van der Waals surface area contributed by atoms with Crippen LogP contribution in [0.3, 0.4) is 0 Å². The van der Waals surface area contributed by atoms with E-state index in [4.69, 9.17) is 14.6 Å². The van der Waals surface area contributed by atoms with Crippen LogP contribution in [-0.4, -0.2) is 49.2 Å². The molecule has 1 heterocycles. The Balaban J connectivity index is 1.91. The highest BCUT2D eigenvalue weighted by Crippen LogP contribution is 2.31. The first-order valence-corrected chi connectivity index (χ1v) is 7.77. The molecule has 0 unspecified atom stereocenters. The number of methoxy groups -OCH3 is 2. The van der Waals surface area contributed by atoms with Crippen LogP contribution in [0.4, 0.5) is 0 Å². The minimum absolute atomic E-state index is 0.0544. The molecule has 1 aromatic carbocycles. The van der Waals surface area contributed by atoms with Gasteiger partial charge in [-0.3, -0.25) is 9.59 Å². The van der Waals surface area contributed by atoms with E-state index in [0.29, 0.717) is 50.3 Å². The van der Waals surface area contributed by atoms with Crippen molar-refractivity contribution in [3.63, 3.8) is 0 Å². The van der Waals surface area contributed by atoms with Gasteiger partial charge in [-0.2, -0.15) is 0 Å². The van der Waals surface area contributed by atoms with E-state index in [1.165, 1.54) is 0 Å². The number of hydrogen-bond donors (Lipinski definition) is 1. The predicted molar refractivity (Wildman–Crippen MR) is 84.8 cm³/mol. The number of likely N-dealkylation sites (tertiary alicyclic amines) is 1. The zero-order chi connectivity index (χ0) is 16.8. The molecule has 6 heteroatoms. The Morgan fingerprint density at radius 1 is 1.22 bits per heavy atom. The molecule has 126 valence electrons. The summed E-state index contributed by atoms with van der Waals surface area (Å²) in [5.41, 5.74) is 0.931. The van der Waals surface area contributed by atoms with Gasteiger partial charge >= 0.3 is 5.97 Å². The maximum Gasteiger partial charge on any atom is 0.306 e. The number of aryl methyl sites for hydroxylation is 1. The van der Waals surface area contributed by atoms with Crippen LogP contribution in [0, 0.1) is 5.92 Å². The van der Waals surface area contributed by atoms with Gasteiger partial charge in [-0.1, -0.05) is 12.1 Å². The van der Waals surface area contributed by atoms with Gasteiger partial charge in [0.05, 0.1) is 20.1 Å². The van der Waals surface area contributed by atoms with Gasteiger partial charge in [0.15, 0.2) is 11.5 Å². The number of benzene rings is 1. The molecule has 1 fully saturated rings. The highest BCUT2D eigenvalue weighted by atomic mass is 16.5. The van der Waals surface area contributed by atoms with Gasteiger partial charge in [0.2, 0.25) is 5.91 Å². The number of carboxylic acids is 1. The van der Waals surface area contributed by atoms with Crippen molar-refractivity contribution < 1.29 is 24.2 Å². The monoisotopic (exact) mass is 321 g/mol. The van der Waals surface area contributed by atoms with Gasteiger partial charge in [0.1, 0.15) is 0 Å². The molecule has 0 saturated carbocycles. The van der Waals surface area contributed by atoms with Gasteiger partial charge in [-0.05, 0) is 30.9 Å². The Kier molecular flexibility index (Phi) is 5.84. The van der Waals surface area contributed by atoms with Crippen molar-refractivity contribution in [2.75, 3.05) is 27.3 Å². The van der Waals surface area contributed by atoms with E-state index in [2.05, 4.69) is 0 Å². The standard InChI is InChI=1S/C17H23NO5/c1-22-14-5-3-4-12(16(14)23-2)6-7-15(19)18-10-8-13(9-11-18)17(20)21/h3-5,13H,6-11H2,1-2H3,(H,20,21). The molecule has 0 radical (unpaired) electrons. The lowest BCUT2D eigenvalue weighted by Crippen LogP contribution is -2.40. The summed E-state index contributed by atoms with van der Waals surface area (Å²) in [7, 11) is 3.17. The van der Waals surface area contributed by atoms with Crippen LogP contribution < -0.4 is 9.47 Å². The van der Waals surface area contributed by atoms with Gasteiger partial charge in [0.25, 0.3) is 0 Å².